The highest BCUT2D eigenvalue weighted by molar-refractivity contribution is 5.79. The minimum atomic E-state index is -0.103. The van der Waals surface area contributed by atoms with Crippen molar-refractivity contribution in [3.63, 3.8) is 0 Å². The highest BCUT2D eigenvalue weighted by Crippen LogP contribution is 2.39. The van der Waals surface area contributed by atoms with Gasteiger partial charge in [-0.25, -0.2) is 0 Å². The molecule has 0 aliphatic rings. The topological polar surface area (TPSA) is 24.9 Å². The lowest BCUT2D eigenvalue weighted by Crippen LogP contribution is -2.37. The summed E-state index contributed by atoms with van der Waals surface area (Å²) in [5.74, 6) is 1.70. The van der Waals surface area contributed by atoms with Crippen molar-refractivity contribution >= 4 is 28.4 Å². The lowest BCUT2D eigenvalue weighted by molar-refractivity contribution is 0.414. The Morgan fingerprint density at radius 1 is 0.409 bits per heavy atom. The van der Waals surface area contributed by atoms with Crippen LogP contribution in [0.4, 0.5) is 28.4 Å². The first-order chi connectivity index (χ1) is 21.0. The van der Waals surface area contributed by atoms with Crippen LogP contribution >= 0.6 is 0 Å². The SMILES string of the molecule is COc1ccc(N(c2ccc(-c3ccc(N(c4ccc(OC)cc4)C(C)(C)C)cc3)cc2)c2ccc(C(C)(C)C)cc2)cc1. The van der Waals surface area contributed by atoms with Crippen molar-refractivity contribution in [3.8, 4) is 22.6 Å². The van der Waals surface area contributed by atoms with Crippen molar-refractivity contribution in [2.45, 2.75) is 52.5 Å². The van der Waals surface area contributed by atoms with Crippen molar-refractivity contribution in [3.05, 3.63) is 127 Å². The molecule has 0 unspecified atom stereocenters. The first kappa shape index (κ1) is 30.7. The molecule has 5 aromatic carbocycles. The maximum atomic E-state index is 5.43. The van der Waals surface area contributed by atoms with E-state index in [1.807, 2.05) is 24.3 Å². The molecule has 0 N–H and O–H groups in total. The average molecular weight is 585 g/mol. The number of anilines is 5. The molecule has 0 fully saturated rings. The smallest absolute Gasteiger partial charge is 0.119 e. The molecule has 0 radical (unpaired) electrons. The lowest BCUT2D eigenvalue weighted by Gasteiger charge is -2.38. The quantitative estimate of drug-likeness (QED) is 0.181. The van der Waals surface area contributed by atoms with Crippen LogP contribution in [0.15, 0.2) is 121 Å². The molecule has 4 heteroatoms. The summed E-state index contributed by atoms with van der Waals surface area (Å²) >= 11 is 0. The van der Waals surface area contributed by atoms with Gasteiger partial charge in [0.25, 0.3) is 0 Å². The van der Waals surface area contributed by atoms with Crippen LogP contribution in [0.1, 0.15) is 47.1 Å². The summed E-state index contributed by atoms with van der Waals surface area (Å²) in [5.41, 5.74) is 9.21. The van der Waals surface area contributed by atoms with Gasteiger partial charge in [0.05, 0.1) is 14.2 Å². The van der Waals surface area contributed by atoms with Gasteiger partial charge in [0.1, 0.15) is 11.5 Å². The van der Waals surface area contributed by atoms with E-state index in [-0.39, 0.29) is 11.0 Å². The molecule has 0 bridgehead atoms. The molecule has 0 saturated heterocycles. The zero-order valence-electron chi connectivity index (χ0n) is 27.3. The van der Waals surface area contributed by atoms with Crippen molar-refractivity contribution < 1.29 is 9.47 Å². The van der Waals surface area contributed by atoms with Crippen molar-refractivity contribution in [2.24, 2.45) is 0 Å². The molecule has 0 heterocycles. The van der Waals surface area contributed by atoms with Gasteiger partial charge in [-0.1, -0.05) is 57.2 Å². The summed E-state index contributed by atoms with van der Waals surface area (Å²) in [6.45, 7) is 13.4. The van der Waals surface area contributed by atoms with Gasteiger partial charge >= 0.3 is 0 Å². The van der Waals surface area contributed by atoms with E-state index in [2.05, 4.69) is 148 Å². The second-order valence-electron chi connectivity index (χ2n) is 13.1. The molecule has 4 nitrogen and oxygen atoms in total. The highest BCUT2D eigenvalue weighted by Gasteiger charge is 2.24. The number of hydrogen-bond donors (Lipinski definition) is 0. The van der Waals surface area contributed by atoms with Gasteiger partial charge in [0.15, 0.2) is 0 Å². The van der Waals surface area contributed by atoms with E-state index in [4.69, 9.17) is 9.47 Å². The number of methoxy groups -OCH3 is 2. The number of nitrogens with zero attached hydrogens (tertiary/aromatic N) is 2. The van der Waals surface area contributed by atoms with Crippen molar-refractivity contribution in [2.75, 3.05) is 24.0 Å². The van der Waals surface area contributed by atoms with E-state index in [1.165, 1.54) is 16.7 Å². The van der Waals surface area contributed by atoms with E-state index < -0.39 is 0 Å². The minimum Gasteiger partial charge on any atom is -0.497 e. The standard InChI is InChI=1S/C40H44N2O2/c1-39(2,3)31-13-19-33(20-14-31)41(34-21-25-37(43-7)26-22-34)32-15-9-29(10-16-32)30-11-17-35(18-12-30)42(40(4,5)6)36-23-27-38(44-8)28-24-36/h9-28H,1-8H3. The maximum Gasteiger partial charge on any atom is 0.119 e. The van der Waals surface area contributed by atoms with Crippen LogP contribution in [0.3, 0.4) is 0 Å². The predicted octanol–water partition coefficient (Wildman–Crippen LogP) is 11.1. The number of rotatable bonds is 8. The molecule has 0 aliphatic carbocycles. The number of benzene rings is 5. The summed E-state index contributed by atoms with van der Waals surface area (Å²) in [7, 11) is 3.39. The van der Waals surface area contributed by atoms with Crippen LogP contribution in [0, 0.1) is 0 Å². The van der Waals surface area contributed by atoms with Crippen LogP contribution in [0.5, 0.6) is 11.5 Å². The fraction of sp³-hybridized carbons (Fsp3) is 0.250. The van der Waals surface area contributed by atoms with E-state index in [9.17, 15) is 0 Å². The van der Waals surface area contributed by atoms with Crippen LogP contribution in [-0.2, 0) is 5.41 Å². The fourth-order valence-electron chi connectivity index (χ4n) is 5.55. The zero-order valence-corrected chi connectivity index (χ0v) is 27.3. The van der Waals surface area contributed by atoms with Crippen LogP contribution in [0.25, 0.3) is 11.1 Å². The first-order valence-electron chi connectivity index (χ1n) is 15.2. The minimum absolute atomic E-state index is 0.0965. The van der Waals surface area contributed by atoms with Gasteiger partial charge < -0.3 is 19.3 Å². The zero-order chi connectivity index (χ0) is 31.5. The largest absolute Gasteiger partial charge is 0.497 e. The third-order valence-corrected chi connectivity index (χ3v) is 7.91. The molecule has 0 saturated carbocycles. The molecular formula is C40H44N2O2. The van der Waals surface area contributed by atoms with Crippen LogP contribution < -0.4 is 19.3 Å². The summed E-state index contributed by atoms with van der Waals surface area (Å²) in [6, 6.07) is 43.0. The van der Waals surface area contributed by atoms with Gasteiger partial charge in [-0.3, -0.25) is 0 Å². The molecule has 44 heavy (non-hydrogen) atoms. The Bertz CT molecular complexity index is 1640. The number of ether oxygens (including phenoxy) is 2. The van der Waals surface area contributed by atoms with Gasteiger partial charge in [0.2, 0.25) is 0 Å². The predicted molar refractivity (Wildman–Crippen MR) is 187 cm³/mol. The Morgan fingerprint density at radius 3 is 1.07 bits per heavy atom. The first-order valence-corrected chi connectivity index (χ1v) is 15.2. The molecule has 0 spiro atoms. The third kappa shape index (κ3) is 6.75. The van der Waals surface area contributed by atoms with E-state index in [0.29, 0.717) is 0 Å². The Balaban J connectivity index is 1.45. The second-order valence-corrected chi connectivity index (χ2v) is 13.1. The molecule has 0 amide bonds. The molecule has 226 valence electrons. The average Bonchev–Trinajstić information content (AvgIpc) is 3.02. The van der Waals surface area contributed by atoms with Gasteiger partial charge in [-0.15, -0.1) is 0 Å². The summed E-state index contributed by atoms with van der Waals surface area (Å²) in [6.07, 6.45) is 0. The van der Waals surface area contributed by atoms with E-state index >= 15 is 0 Å². The summed E-state index contributed by atoms with van der Waals surface area (Å²) < 4.78 is 10.8. The maximum absolute atomic E-state index is 5.43. The van der Waals surface area contributed by atoms with E-state index in [0.717, 1.165) is 39.9 Å². The van der Waals surface area contributed by atoms with Crippen molar-refractivity contribution in [1.29, 1.82) is 0 Å². The summed E-state index contributed by atoms with van der Waals surface area (Å²) in [5, 5.41) is 0. The lowest BCUT2D eigenvalue weighted by atomic mass is 9.87. The Labute approximate surface area is 263 Å². The molecular weight excluding hydrogens is 540 g/mol. The van der Waals surface area contributed by atoms with Gasteiger partial charge in [-0.2, -0.15) is 0 Å². The van der Waals surface area contributed by atoms with Crippen LogP contribution in [0.2, 0.25) is 0 Å². The Hall–Kier alpha value is -4.70. The molecule has 0 atom stereocenters. The molecule has 0 aliphatic heterocycles. The van der Waals surface area contributed by atoms with Gasteiger partial charge in [-0.05, 0) is 128 Å². The second kappa shape index (κ2) is 12.5. The molecule has 0 aromatic heterocycles. The van der Waals surface area contributed by atoms with Gasteiger partial charge in [0, 0.05) is 34.0 Å². The Morgan fingerprint density at radius 2 is 0.727 bits per heavy atom. The van der Waals surface area contributed by atoms with Crippen molar-refractivity contribution in [1.82, 2.24) is 0 Å². The highest BCUT2D eigenvalue weighted by atomic mass is 16.5. The third-order valence-electron chi connectivity index (χ3n) is 7.91. The fourth-order valence-corrected chi connectivity index (χ4v) is 5.55. The van der Waals surface area contributed by atoms with Crippen LogP contribution in [-0.4, -0.2) is 19.8 Å². The monoisotopic (exact) mass is 584 g/mol. The summed E-state index contributed by atoms with van der Waals surface area (Å²) in [4.78, 5) is 4.64. The van der Waals surface area contributed by atoms with E-state index in [1.54, 1.807) is 14.2 Å². The normalized spacial score (nSPS) is 11.6. The Kier molecular flexibility index (Phi) is 8.73. The number of hydrogen-bond acceptors (Lipinski definition) is 4. The molecule has 5 rings (SSSR count). The molecule has 5 aromatic rings.